The van der Waals surface area contributed by atoms with Gasteiger partial charge in [0.25, 0.3) is 0 Å². The van der Waals surface area contributed by atoms with Crippen LogP contribution in [0.5, 0.6) is 5.75 Å². The third-order valence-corrected chi connectivity index (χ3v) is 1.66. The zero-order valence-corrected chi connectivity index (χ0v) is 7.04. The molecule has 0 heterocycles. The molecule has 12 heavy (non-hydrogen) atoms. The Kier molecular flexibility index (Phi) is 3.07. The van der Waals surface area contributed by atoms with E-state index in [0.717, 1.165) is 0 Å². The van der Waals surface area contributed by atoms with Gasteiger partial charge < -0.3 is 15.0 Å². The molecule has 0 bridgehead atoms. The summed E-state index contributed by atoms with van der Waals surface area (Å²) >= 11 is -1.85. The standard InChI is InChI=1S/C7H9NO3S/c9-7-3-1-6(2-4-7)8-5-12(10)11/h1-4,8-9H,5H2,(H,10,11). The third kappa shape index (κ3) is 2.89. The van der Waals surface area contributed by atoms with Crippen molar-refractivity contribution in [1.82, 2.24) is 0 Å². The van der Waals surface area contributed by atoms with Gasteiger partial charge in [-0.05, 0) is 24.3 Å². The van der Waals surface area contributed by atoms with E-state index in [0.29, 0.717) is 5.69 Å². The smallest absolute Gasteiger partial charge is 0.172 e. The minimum atomic E-state index is -1.85. The molecule has 0 saturated carbocycles. The van der Waals surface area contributed by atoms with Crippen LogP contribution in [-0.4, -0.2) is 19.7 Å². The van der Waals surface area contributed by atoms with Crippen LogP contribution in [0.15, 0.2) is 24.3 Å². The van der Waals surface area contributed by atoms with E-state index in [2.05, 4.69) is 5.32 Å². The number of anilines is 1. The normalized spacial score (nSPS) is 12.4. The average Bonchev–Trinajstić information content (AvgIpc) is 2.03. The fourth-order valence-electron chi connectivity index (χ4n) is 0.724. The molecule has 5 heteroatoms. The van der Waals surface area contributed by atoms with Crippen molar-refractivity contribution in [2.24, 2.45) is 0 Å². The molecule has 0 aliphatic heterocycles. The molecule has 1 rings (SSSR count). The second-order valence-corrected chi connectivity index (χ2v) is 3.12. The number of nitrogens with one attached hydrogen (secondary N) is 1. The van der Waals surface area contributed by atoms with Crippen LogP contribution in [0.1, 0.15) is 0 Å². The zero-order chi connectivity index (χ0) is 8.97. The van der Waals surface area contributed by atoms with Gasteiger partial charge in [0.05, 0.1) is 0 Å². The maximum absolute atomic E-state index is 10.2. The quantitative estimate of drug-likeness (QED) is 0.487. The van der Waals surface area contributed by atoms with Gasteiger partial charge in [0.2, 0.25) is 0 Å². The first-order valence-electron chi connectivity index (χ1n) is 3.29. The lowest BCUT2D eigenvalue weighted by Crippen LogP contribution is -2.06. The van der Waals surface area contributed by atoms with Gasteiger partial charge in [0, 0.05) is 5.69 Å². The second-order valence-electron chi connectivity index (χ2n) is 2.19. The number of phenolic OH excluding ortho intramolecular Hbond substituents is 1. The predicted molar refractivity (Wildman–Crippen MR) is 47.4 cm³/mol. The SMILES string of the molecule is O=S(O)CNc1ccc(O)cc1. The molecule has 0 spiro atoms. The highest BCUT2D eigenvalue weighted by molar-refractivity contribution is 7.79. The van der Waals surface area contributed by atoms with E-state index in [9.17, 15) is 4.21 Å². The van der Waals surface area contributed by atoms with Gasteiger partial charge in [-0.25, -0.2) is 4.21 Å². The topological polar surface area (TPSA) is 69.6 Å². The summed E-state index contributed by atoms with van der Waals surface area (Å²) in [6.45, 7) is 0. The fraction of sp³-hybridized carbons (Fsp3) is 0.143. The minimum Gasteiger partial charge on any atom is -0.508 e. The van der Waals surface area contributed by atoms with Crippen molar-refractivity contribution in [3.63, 3.8) is 0 Å². The van der Waals surface area contributed by atoms with Gasteiger partial charge in [0.15, 0.2) is 11.1 Å². The molecule has 1 unspecified atom stereocenters. The summed E-state index contributed by atoms with van der Waals surface area (Å²) in [5.74, 6) is 0.163. The summed E-state index contributed by atoms with van der Waals surface area (Å²) < 4.78 is 18.7. The number of hydrogen-bond donors (Lipinski definition) is 3. The van der Waals surface area contributed by atoms with Crippen molar-refractivity contribution in [3.05, 3.63) is 24.3 Å². The van der Waals surface area contributed by atoms with Gasteiger partial charge in [-0.15, -0.1) is 0 Å². The van der Waals surface area contributed by atoms with Gasteiger partial charge in [-0.2, -0.15) is 0 Å². The molecule has 1 aromatic rings. The lowest BCUT2D eigenvalue weighted by Gasteiger charge is -2.02. The molecule has 0 radical (unpaired) electrons. The molecule has 0 aliphatic carbocycles. The van der Waals surface area contributed by atoms with Gasteiger partial charge in [-0.1, -0.05) is 0 Å². The third-order valence-electron chi connectivity index (χ3n) is 1.27. The number of hydrogen-bond acceptors (Lipinski definition) is 3. The van der Waals surface area contributed by atoms with Crippen LogP contribution in [0.3, 0.4) is 0 Å². The maximum Gasteiger partial charge on any atom is 0.172 e. The summed E-state index contributed by atoms with van der Waals surface area (Å²) in [7, 11) is 0. The Morgan fingerprint density at radius 3 is 2.42 bits per heavy atom. The highest BCUT2D eigenvalue weighted by Gasteiger charge is 1.93. The van der Waals surface area contributed by atoms with Gasteiger partial charge in [0.1, 0.15) is 11.6 Å². The van der Waals surface area contributed by atoms with E-state index >= 15 is 0 Å². The predicted octanol–water partition coefficient (Wildman–Crippen LogP) is 0.983. The number of phenols is 1. The van der Waals surface area contributed by atoms with Crippen LogP contribution >= 0.6 is 0 Å². The molecule has 3 N–H and O–H groups in total. The molecule has 0 aromatic heterocycles. The zero-order valence-electron chi connectivity index (χ0n) is 6.23. The number of rotatable bonds is 3. The van der Waals surface area contributed by atoms with Crippen LogP contribution in [-0.2, 0) is 11.1 Å². The fourth-order valence-corrected chi connectivity index (χ4v) is 1.01. The molecular formula is C7H9NO3S. The molecule has 0 fully saturated rings. The summed E-state index contributed by atoms with van der Waals surface area (Å²) in [4.78, 5) is 0. The first-order valence-corrected chi connectivity index (χ1v) is 4.56. The first-order chi connectivity index (χ1) is 5.68. The van der Waals surface area contributed by atoms with Crippen LogP contribution in [0, 0.1) is 0 Å². The van der Waals surface area contributed by atoms with Crippen molar-refractivity contribution in [3.8, 4) is 5.75 Å². The molecule has 4 nitrogen and oxygen atoms in total. The van der Waals surface area contributed by atoms with Gasteiger partial charge >= 0.3 is 0 Å². The van der Waals surface area contributed by atoms with Crippen LogP contribution in [0.2, 0.25) is 0 Å². The van der Waals surface area contributed by atoms with Crippen molar-refractivity contribution >= 4 is 16.8 Å². The van der Waals surface area contributed by atoms with Crippen molar-refractivity contribution < 1.29 is 13.9 Å². The summed E-state index contributed by atoms with van der Waals surface area (Å²) in [6, 6.07) is 6.26. The first kappa shape index (κ1) is 9.02. The van der Waals surface area contributed by atoms with Crippen LogP contribution < -0.4 is 5.32 Å². The Balaban J connectivity index is 2.53. The Bertz CT molecular complexity index is 272. The summed E-state index contributed by atoms with van der Waals surface area (Å²) in [5.41, 5.74) is 0.704. The van der Waals surface area contributed by atoms with E-state index in [1.165, 1.54) is 12.1 Å². The Hall–Kier alpha value is -1.07. The Morgan fingerprint density at radius 1 is 1.33 bits per heavy atom. The maximum atomic E-state index is 10.2. The number of aromatic hydroxyl groups is 1. The lowest BCUT2D eigenvalue weighted by atomic mass is 10.3. The van der Waals surface area contributed by atoms with E-state index in [1.807, 2.05) is 0 Å². The largest absolute Gasteiger partial charge is 0.508 e. The Morgan fingerprint density at radius 2 is 1.92 bits per heavy atom. The monoisotopic (exact) mass is 187 g/mol. The lowest BCUT2D eigenvalue weighted by molar-refractivity contribution is 0.475. The van der Waals surface area contributed by atoms with Crippen molar-refractivity contribution in [1.29, 1.82) is 0 Å². The highest BCUT2D eigenvalue weighted by Crippen LogP contribution is 2.13. The van der Waals surface area contributed by atoms with Crippen LogP contribution in [0.4, 0.5) is 5.69 Å². The molecule has 0 aliphatic rings. The summed E-state index contributed by atoms with van der Waals surface area (Å²) in [5, 5.41) is 11.6. The highest BCUT2D eigenvalue weighted by atomic mass is 32.2. The van der Waals surface area contributed by atoms with E-state index < -0.39 is 11.1 Å². The molecule has 1 atom stereocenters. The Labute approximate surface area is 72.5 Å². The minimum absolute atomic E-state index is 0.00915. The second kappa shape index (κ2) is 4.08. The molecular weight excluding hydrogens is 178 g/mol. The van der Waals surface area contributed by atoms with Crippen molar-refractivity contribution in [2.45, 2.75) is 0 Å². The molecule has 1 aromatic carbocycles. The van der Waals surface area contributed by atoms with Crippen molar-refractivity contribution in [2.75, 3.05) is 11.2 Å². The summed E-state index contributed by atoms with van der Waals surface area (Å²) in [6.07, 6.45) is 0. The molecule has 0 saturated heterocycles. The molecule has 66 valence electrons. The van der Waals surface area contributed by atoms with E-state index in [-0.39, 0.29) is 11.6 Å². The van der Waals surface area contributed by atoms with E-state index in [1.54, 1.807) is 12.1 Å². The van der Waals surface area contributed by atoms with Gasteiger partial charge in [-0.3, -0.25) is 0 Å². The van der Waals surface area contributed by atoms with E-state index in [4.69, 9.17) is 9.66 Å². The average molecular weight is 187 g/mol. The van der Waals surface area contributed by atoms with Crippen LogP contribution in [0.25, 0.3) is 0 Å². The number of benzene rings is 1. The molecule has 0 amide bonds.